The molecule has 0 saturated heterocycles. The van der Waals surface area contributed by atoms with Crippen molar-refractivity contribution in [2.75, 3.05) is 0 Å². The predicted octanol–water partition coefficient (Wildman–Crippen LogP) is 12.8. The van der Waals surface area contributed by atoms with Gasteiger partial charge in [-0.25, -0.2) is 0 Å². The summed E-state index contributed by atoms with van der Waals surface area (Å²) in [6, 6.07) is 32.6. The van der Waals surface area contributed by atoms with Crippen LogP contribution in [0.15, 0.2) is 120 Å². The first-order valence-electron chi connectivity index (χ1n) is 16.6. The zero-order chi connectivity index (χ0) is 31.9. The van der Waals surface area contributed by atoms with Crippen molar-refractivity contribution in [3.63, 3.8) is 0 Å². The van der Waals surface area contributed by atoms with E-state index in [4.69, 9.17) is 4.99 Å². The minimum Gasteiger partial charge on any atom is -0.355 e. The molecule has 1 unspecified atom stereocenters. The first-order chi connectivity index (χ1) is 21.5. The molecule has 5 aromatic rings. The number of rotatable bonds is 6. The van der Waals surface area contributed by atoms with Gasteiger partial charge in [-0.15, -0.1) is 0 Å². The molecule has 0 fully saturated rings. The molecule has 0 bridgehead atoms. The minimum atomic E-state index is 0.709. The maximum Gasteiger partial charge on any atom is 0.0643 e. The lowest BCUT2D eigenvalue weighted by molar-refractivity contribution is 0.733. The van der Waals surface area contributed by atoms with E-state index < -0.39 is 0 Å². The number of aromatic amines is 1. The van der Waals surface area contributed by atoms with E-state index in [-0.39, 0.29) is 0 Å². The number of allylic oxidation sites excluding steroid dienone is 4. The zero-order valence-corrected chi connectivity index (χ0v) is 28.2. The van der Waals surface area contributed by atoms with Gasteiger partial charge in [0.2, 0.25) is 0 Å². The van der Waals surface area contributed by atoms with Crippen LogP contribution in [0.2, 0.25) is 0 Å². The van der Waals surface area contributed by atoms with Gasteiger partial charge in [0.05, 0.1) is 6.54 Å². The lowest BCUT2D eigenvalue weighted by Crippen LogP contribution is -1.99. The van der Waals surface area contributed by atoms with Crippen molar-refractivity contribution < 1.29 is 0 Å². The number of nitrogens with zero attached hydrogens (tertiary/aromatic N) is 1. The molecule has 1 heterocycles. The standard InChI is InChI=1S/C28H26N2.C10H14.2C2H6/c1-19-14-21(18-29-20(2)22-8-4-3-5-9-22)16-24(15-19)23-12-13-28-26(17-23)25-10-6-7-11-27(25)30-28;1-3-9(2)10-7-5-4-6-8-10;2*1-2/h4,6-17,30H,3,5,18H2,1-2H3;4-9H,3H2,1-2H3;2*1-2H3. The second-order valence-electron chi connectivity index (χ2n) is 10.9. The van der Waals surface area contributed by atoms with Gasteiger partial charge >= 0.3 is 0 Å². The number of benzene rings is 4. The van der Waals surface area contributed by atoms with E-state index in [1.807, 2.05) is 27.7 Å². The number of H-pyrrole nitrogens is 1. The van der Waals surface area contributed by atoms with E-state index in [0.717, 1.165) is 18.6 Å². The second kappa shape index (κ2) is 17.8. The largest absolute Gasteiger partial charge is 0.355 e. The van der Waals surface area contributed by atoms with E-state index >= 15 is 0 Å². The van der Waals surface area contributed by atoms with Crippen molar-refractivity contribution in [1.29, 1.82) is 0 Å². The highest BCUT2D eigenvalue weighted by Crippen LogP contribution is 2.31. The van der Waals surface area contributed by atoms with Crippen LogP contribution in [0.3, 0.4) is 0 Å². The summed E-state index contributed by atoms with van der Waals surface area (Å²) in [6.07, 6.45) is 10.2. The molecule has 0 radical (unpaired) electrons. The Hall–Kier alpha value is -4.17. The van der Waals surface area contributed by atoms with Crippen LogP contribution in [-0.4, -0.2) is 10.7 Å². The van der Waals surface area contributed by atoms with E-state index in [2.05, 4.69) is 142 Å². The average molecular weight is 585 g/mol. The number of aromatic nitrogens is 1. The molecule has 2 heteroatoms. The highest BCUT2D eigenvalue weighted by Gasteiger charge is 2.08. The first-order valence-corrected chi connectivity index (χ1v) is 16.6. The Morgan fingerprint density at radius 3 is 2.18 bits per heavy atom. The van der Waals surface area contributed by atoms with Gasteiger partial charge in [-0.3, -0.25) is 4.99 Å². The highest BCUT2D eigenvalue weighted by atomic mass is 14.7. The van der Waals surface area contributed by atoms with Gasteiger partial charge in [0.25, 0.3) is 0 Å². The van der Waals surface area contributed by atoms with Gasteiger partial charge in [0.1, 0.15) is 0 Å². The molecule has 44 heavy (non-hydrogen) atoms. The van der Waals surface area contributed by atoms with Gasteiger partial charge < -0.3 is 4.98 Å². The molecule has 6 rings (SSSR count). The van der Waals surface area contributed by atoms with Crippen LogP contribution in [0.4, 0.5) is 0 Å². The maximum atomic E-state index is 4.87. The quantitative estimate of drug-likeness (QED) is 0.192. The smallest absolute Gasteiger partial charge is 0.0643 e. The Kier molecular flexibility index (Phi) is 13.9. The normalized spacial score (nSPS) is 13.1. The third-order valence-electron chi connectivity index (χ3n) is 7.87. The molecule has 1 N–H and O–H groups in total. The summed E-state index contributed by atoms with van der Waals surface area (Å²) < 4.78 is 0. The Morgan fingerprint density at radius 2 is 1.48 bits per heavy atom. The van der Waals surface area contributed by atoms with Crippen LogP contribution in [0, 0.1) is 6.92 Å². The van der Waals surface area contributed by atoms with Gasteiger partial charge in [0.15, 0.2) is 0 Å². The number of para-hydroxylation sites is 1. The van der Waals surface area contributed by atoms with Crippen LogP contribution < -0.4 is 0 Å². The van der Waals surface area contributed by atoms with Crippen molar-refractivity contribution in [2.24, 2.45) is 4.99 Å². The summed E-state index contributed by atoms with van der Waals surface area (Å²) >= 11 is 0. The molecule has 4 aromatic carbocycles. The third-order valence-corrected chi connectivity index (χ3v) is 7.87. The van der Waals surface area contributed by atoms with E-state index in [0.29, 0.717) is 12.5 Å². The molecule has 230 valence electrons. The fourth-order valence-corrected chi connectivity index (χ4v) is 5.35. The zero-order valence-electron chi connectivity index (χ0n) is 28.2. The second-order valence-corrected chi connectivity index (χ2v) is 10.9. The lowest BCUT2D eigenvalue weighted by atomic mass is 9.98. The van der Waals surface area contributed by atoms with Gasteiger partial charge in [-0.05, 0) is 91.1 Å². The van der Waals surface area contributed by atoms with Crippen molar-refractivity contribution in [3.05, 3.63) is 131 Å². The van der Waals surface area contributed by atoms with Crippen molar-refractivity contribution in [1.82, 2.24) is 4.98 Å². The Bertz CT molecular complexity index is 1680. The molecule has 0 aliphatic heterocycles. The van der Waals surface area contributed by atoms with Crippen LogP contribution in [0.5, 0.6) is 0 Å². The lowest BCUT2D eigenvalue weighted by Gasteiger charge is -2.09. The summed E-state index contributed by atoms with van der Waals surface area (Å²) in [6.45, 7) is 17.5. The van der Waals surface area contributed by atoms with E-state index in [9.17, 15) is 0 Å². The van der Waals surface area contributed by atoms with Gasteiger partial charge in [-0.1, -0.05) is 132 Å². The van der Waals surface area contributed by atoms with Gasteiger partial charge in [0, 0.05) is 27.5 Å². The highest BCUT2D eigenvalue weighted by molar-refractivity contribution is 6.08. The molecular weight excluding hydrogens is 532 g/mol. The maximum absolute atomic E-state index is 4.87. The van der Waals surface area contributed by atoms with Crippen LogP contribution in [0.25, 0.3) is 32.9 Å². The fourth-order valence-electron chi connectivity index (χ4n) is 5.35. The number of hydrogen-bond acceptors (Lipinski definition) is 1. The molecular formula is C42H52N2. The predicted molar refractivity (Wildman–Crippen MR) is 197 cm³/mol. The number of hydrogen-bond donors (Lipinski definition) is 1. The van der Waals surface area contributed by atoms with Crippen molar-refractivity contribution in [2.45, 2.75) is 87.1 Å². The Labute approximate surface area is 266 Å². The summed E-state index contributed by atoms with van der Waals surface area (Å²) in [7, 11) is 0. The number of fused-ring (bicyclic) bond motifs is 3. The summed E-state index contributed by atoms with van der Waals surface area (Å²) in [4.78, 5) is 8.38. The third kappa shape index (κ3) is 9.16. The van der Waals surface area contributed by atoms with Crippen molar-refractivity contribution >= 4 is 27.5 Å². The molecule has 0 spiro atoms. The molecule has 1 aliphatic carbocycles. The average Bonchev–Trinajstić information content (AvgIpc) is 3.47. The SMILES string of the molecule is CC.CC.CC(=NCc1cc(C)cc(-c2ccc3[nH]c4ccccc4c3c2)c1)C1=CCCC=C1.CCC(C)c1ccccc1. The number of nitrogens with one attached hydrogen (secondary N) is 1. The first kappa shape index (κ1) is 34.3. The molecule has 1 aliphatic rings. The van der Waals surface area contributed by atoms with Crippen LogP contribution in [0.1, 0.15) is 90.3 Å². The van der Waals surface area contributed by atoms with E-state index in [1.54, 1.807) is 0 Å². The molecule has 0 amide bonds. The van der Waals surface area contributed by atoms with E-state index in [1.165, 1.54) is 61.6 Å². The molecule has 1 atom stereocenters. The molecule has 0 saturated carbocycles. The summed E-state index contributed by atoms with van der Waals surface area (Å²) in [5.41, 5.74) is 11.2. The summed E-state index contributed by atoms with van der Waals surface area (Å²) in [5, 5.41) is 2.55. The summed E-state index contributed by atoms with van der Waals surface area (Å²) in [5.74, 6) is 0.709. The van der Waals surface area contributed by atoms with Crippen LogP contribution >= 0.6 is 0 Å². The molecule has 1 aromatic heterocycles. The topological polar surface area (TPSA) is 28.1 Å². The number of aliphatic imine (C=N–C) groups is 1. The minimum absolute atomic E-state index is 0.709. The number of aryl methyl sites for hydroxylation is 1. The molecule has 2 nitrogen and oxygen atoms in total. The Balaban J connectivity index is 0.000000319. The van der Waals surface area contributed by atoms with Crippen LogP contribution in [-0.2, 0) is 6.54 Å². The van der Waals surface area contributed by atoms with Gasteiger partial charge in [-0.2, -0.15) is 0 Å². The van der Waals surface area contributed by atoms with Crippen molar-refractivity contribution in [3.8, 4) is 11.1 Å². The monoisotopic (exact) mass is 584 g/mol. The fraction of sp³-hybridized carbons (Fsp3) is 0.310. The Morgan fingerprint density at radius 1 is 0.773 bits per heavy atom.